The van der Waals surface area contributed by atoms with Gasteiger partial charge in [0, 0.05) is 25.4 Å². The van der Waals surface area contributed by atoms with E-state index < -0.39 is 0 Å². The number of fused-ring (bicyclic) bond motifs is 2. The maximum absolute atomic E-state index is 12.8. The minimum atomic E-state index is 0.107. The number of benzene rings is 1. The van der Waals surface area contributed by atoms with Crippen molar-refractivity contribution in [1.82, 2.24) is 14.7 Å². The summed E-state index contributed by atoms with van der Waals surface area (Å²) in [5, 5.41) is 4.36. The molecule has 1 aliphatic carbocycles. The van der Waals surface area contributed by atoms with E-state index in [0.29, 0.717) is 6.42 Å². The van der Waals surface area contributed by atoms with Gasteiger partial charge in [0.2, 0.25) is 12.7 Å². The van der Waals surface area contributed by atoms with Gasteiger partial charge in [-0.2, -0.15) is 5.10 Å². The van der Waals surface area contributed by atoms with E-state index in [9.17, 15) is 4.79 Å². The van der Waals surface area contributed by atoms with Crippen molar-refractivity contribution < 1.29 is 14.3 Å². The summed E-state index contributed by atoms with van der Waals surface area (Å²) in [4.78, 5) is 14.6. The van der Waals surface area contributed by atoms with E-state index in [-0.39, 0.29) is 18.7 Å². The number of rotatable bonds is 3. The Morgan fingerprint density at radius 3 is 3.08 bits per heavy atom. The molecule has 1 amide bonds. The first-order chi connectivity index (χ1) is 11.6. The highest BCUT2D eigenvalue weighted by Crippen LogP contribution is 2.35. The number of carbonyl (C=O) groups is 1. The van der Waals surface area contributed by atoms with E-state index in [0.717, 1.165) is 36.3 Å². The van der Waals surface area contributed by atoms with Gasteiger partial charge in [-0.25, -0.2) is 0 Å². The smallest absolute Gasteiger partial charge is 0.231 e. The minimum Gasteiger partial charge on any atom is -0.454 e. The van der Waals surface area contributed by atoms with Crippen LogP contribution in [-0.4, -0.2) is 34.4 Å². The lowest BCUT2D eigenvalue weighted by atomic mass is 9.91. The van der Waals surface area contributed by atoms with Crippen molar-refractivity contribution in [1.29, 1.82) is 0 Å². The van der Waals surface area contributed by atoms with E-state index >= 15 is 0 Å². The minimum absolute atomic E-state index is 0.107. The summed E-state index contributed by atoms with van der Waals surface area (Å²) >= 11 is 0. The lowest BCUT2D eigenvalue weighted by Gasteiger charge is -2.31. The van der Waals surface area contributed by atoms with Crippen LogP contribution in [-0.2, 0) is 24.7 Å². The number of hydrogen-bond acceptors (Lipinski definition) is 4. The molecule has 1 aromatic carbocycles. The third-order valence-corrected chi connectivity index (χ3v) is 5.00. The summed E-state index contributed by atoms with van der Waals surface area (Å²) in [6, 6.07) is 5.80. The molecule has 0 saturated heterocycles. The normalized spacial score (nSPS) is 18.3. The number of hydrogen-bond donors (Lipinski definition) is 0. The Labute approximate surface area is 141 Å². The third-order valence-electron chi connectivity index (χ3n) is 5.00. The number of amides is 1. The zero-order valence-electron chi connectivity index (χ0n) is 14.0. The van der Waals surface area contributed by atoms with Crippen molar-refractivity contribution in [3.63, 3.8) is 0 Å². The molecule has 0 bridgehead atoms. The molecule has 6 heteroatoms. The molecule has 2 heterocycles. The molecule has 2 aliphatic rings. The Morgan fingerprint density at radius 2 is 2.21 bits per heavy atom. The Morgan fingerprint density at radius 1 is 1.38 bits per heavy atom. The second-order valence-electron chi connectivity index (χ2n) is 6.45. The van der Waals surface area contributed by atoms with Crippen LogP contribution in [0, 0.1) is 0 Å². The number of nitrogens with zero attached hydrogens (tertiary/aromatic N) is 3. The molecular formula is C18H21N3O3. The summed E-state index contributed by atoms with van der Waals surface area (Å²) < 4.78 is 12.6. The largest absolute Gasteiger partial charge is 0.454 e. The van der Waals surface area contributed by atoms with Crippen LogP contribution in [0.1, 0.15) is 35.7 Å². The predicted molar refractivity (Wildman–Crippen MR) is 87.9 cm³/mol. The van der Waals surface area contributed by atoms with Crippen LogP contribution in [0.15, 0.2) is 24.4 Å². The van der Waals surface area contributed by atoms with Gasteiger partial charge in [0.15, 0.2) is 11.5 Å². The molecule has 1 aromatic heterocycles. The average molecular weight is 327 g/mol. The lowest BCUT2D eigenvalue weighted by molar-refractivity contribution is -0.131. The molecule has 2 aromatic rings. The van der Waals surface area contributed by atoms with Crippen molar-refractivity contribution in [2.75, 3.05) is 13.8 Å². The van der Waals surface area contributed by atoms with Crippen LogP contribution in [0.4, 0.5) is 0 Å². The molecule has 0 N–H and O–H groups in total. The van der Waals surface area contributed by atoms with Crippen molar-refractivity contribution in [2.24, 2.45) is 7.05 Å². The number of likely N-dealkylation sites (N-methyl/N-ethyl adjacent to an activating group) is 1. The van der Waals surface area contributed by atoms with Gasteiger partial charge in [0.1, 0.15) is 0 Å². The van der Waals surface area contributed by atoms with E-state index in [2.05, 4.69) is 5.10 Å². The molecule has 1 aliphatic heterocycles. The Kier molecular flexibility index (Phi) is 3.67. The maximum atomic E-state index is 12.8. The SMILES string of the molecule is CN(C(=O)Cc1ccc2c(c1)OCO2)[C@H]1CCCc2c1cnn2C. The van der Waals surface area contributed by atoms with Crippen molar-refractivity contribution in [3.8, 4) is 11.5 Å². The van der Waals surface area contributed by atoms with Gasteiger partial charge in [-0.05, 0) is 37.0 Å². The van der Waals surface area contributed by atoms with Crippen LogP contribution in [0.25, 0.3) is 0 Å². The molecule has 0 saturated carbocycles. The van der Waals surface area contributed by atoms with Gasteiger partial charge in [0.05, 0.1) is 18.7 Å². The molecule has 126 valence electrons. The quantitative estimate of drug-likeness (QED) is 0.867. The highest BCUT2D eigenvalue weighted by atomic mass is 16.7. The monoisotopic (exact) mass is 327 g/mol. The Balaban J connectivity index is 1.50. The topological polar surface area (TPSA) is 56.6 Å². The first-order valence-electron chi connectivity index (χ1n) is 8.28. The second kappa shape index (κ2) is 5.85. The van der Waals surface area contributed by atoms with E-state index in [1.54, 1.807) is 0 Å². The first-order valence-corrected chi connectivity index (χ1v) is 8.28. The molecule has 24 heavy (non-hydrogen) atoms. The summed E-state index contributed by atoms with van der Waals surface area (Å²) in [5.41, 5.74) is 3.37. The van der Waals surface area contributed by atoms with Gasteiger partial charge in [0.25, 0.3) is 0 Å². The third kappa shape index (κ3) is 2.52. The van der Waals surface area contributed by atoms with Crippen LogP contribution >= 0.6 is 0 Å². The Hall–Kier alpha value is -2.50. The van der Waals surface area contributed by atoms with Crippen molar-refractivity contribution in [3.05, 3.63) is 41.2 Å². The molecule has 0 spiro atoms. The fourth-order valence-corrected chi connectivity index (χ4v) is 3.61. The van der Waals surface area contributed by atoms with Crippen LogP contribution < -0.4 is 9.47 Å². The zero-order chi connectivity index (χ0) is 16.7. The van der Waals surface area contributed by atoms with Crippen LogP contribution in [0.5, 0.6) is 11.5 Å². The van der Waals surface area contributed by atoms with Crippen LogP contribution in [0.3, 0.4) is 0 Å². The molecule has 6 nitrogen and oxygen atoms in total. The number of aryl methyl sites for hydroxylation is 1. The average Bonchev–Trinajstić information content (AvgIpc) is 3.20. The molecule has 4 rings (SSSR count). The molecule has 0 fully saturated rings. The summed E-state index contributed by atoms with van der Waals surface area (Å²) in [7, 11) is 3.86. The van der Waals surface area contributed by atoms with Crippen molar-refractivity contribution >= 4 is 5.91 Å². The summed E-state index contributed by atoms with van der Waals surface area (Å²) in [6.07, 6.45) is 5.37. The standard InChI is InChI=1S/C18H21N3O3/c1-20(14-4-3-5-15-13(14)10-19-21(15)2)18(22)9-12-6-7-16-17(8-12)24-11-23-16/h6-8,10,14H,3-5,9,11H2,1-2H3/t14-/m0/s1. The fraction of sp³-hybridized carbons (Fsp3) is 0.444. The van der Waals surface area contributed by atoms with Gasteiger partial charge in [-0.15, -0.1) is 0 Å². The lowest BCUT2D eigenvalue weighted by Crippen LogP contribution is -2.34. The second-order valence-corrected chi connectivity index (χ2v) is 6.45. The Bertz CT molecular complexity index is 784. The number of carbonyl (C=O) groups excluding carboxylic acids is 1. The van der Waals surface area contributed by atoms with Gasteiger partial charge < -0.3 is 14.4 Å². The highest BCUT2D eigenvalue weighted by Gasteiger charge is 2.29. The predicted octanol–water partition coefficient (Wildman–Crippen LogP) is 2.23. The summed E-state index contributed by atoms with van der Waals surface area (Å²) in [5.74, 6) is 1.57. The van der Waals surface area contributed by atoms with E-state index in [1.807, 2.05) is 48.1 Å². The number of ether oxygens (including phenoxy) is 2. The highest BCUT2D eigenvalue weighted by molar-refractivity contribution is 5.79. The maximum Gasteiger partial charge on any atom is 0.231 e. The molecule has 0 unspecified atom stereocenters. The molecule has 1 atom stereocenters. The van der Waals surface area contributed by atoms with Crippen LogP contribution in [0.2, 0.25) is 0 Å². The first kappa shape index (κ1) is 15.1. The zero-order valence-corrected chi connectivity index (χ0v) is 14.0. The van der Waals surface area contributed by atoms with E-state index in [4.69, 9.17) is 9.47 Å². The fourth-order valence-electron chi connectivity index (χ4n) is 3.61. The van der Waals surface area contributed by atoms with Crippen molar-refractivity contribution in [2.45, 2.75) is 31.7 Å². The molecule has 0 radical (unpaired) electrons. The van der Waals surface area contributed by atoms with Gasteiger partial charge >= 0.3 is 0 Å². The molecular weight excluding hydrogens is 306 g/mol. The van der Waals surface area contributed by atoms with Gasteiger partial charge in [-0.1, -0.05) is 6.07 Å². The van der Waals surface area contributed by atoms with E-state index in [1.165, 1.54) is 11.3 Å². The van der Waals surface area contributed by atoms with Gasteiger partial charge in [-0.3, -0.25) is 9.48 Å². The number of aromatic nitrogens is 2. The summed E-state index contributed by atoms with van der Waals surface area (Å²) in [6.45, 7) is 0.249.